The van der Waals surface area contributed by atoms with Gasteiger partial charge >= 0.3 is 0 Å². The maximum atomic E-state index is 13.7. The molecular formula is C26H34FNO3S. The van der Waals surface area contributed by atoms with Crippen LogP contribution in [-0.4, -0.2) is 38.5 Å². The molecule has 3 atom stereocenters. The molecule has 2 aliphatic rings. The molecule has 1 saturated heterocycles. The molecule has 2 heterocycles. The molecule has 2 aromatic rings. The first-order valence-electron chi connectivity index (χ1n) is 11.9. The third-order valence-corrected chi connectivity index (χ3v) is 9.51. The van der Waals surface area contributed by atoms with Gasteiger partial charge in [-0.25, -0.2) is 12.8 Å². The number of fused-ring (bicyclic) bond motifs is 1. The second kappa shape index (κ2) is 9.14. The van der Waals surface area contributed by atoms with Crippen LogP contribution in [0.15, 0.2) is 47.4 Å². The van der Waals surface area contributed by atoms with Crippen molar-refractivity contribution in [2.45, 2.75) is 69.3 Å². The maximum absolute atomic E-state index is 13.7. The van der Waals surface area contributed by atoms with Gasteiger partial charge in [-0.05, 0) is 67.1 Å². The van der Waals surface area contributed by atoms with Crippen LogP contribution in [0.3, 0.4) is 0 Å². The van der Waals surface area contributed by atoms with Gasteiger partial charge in [0.05, 0.1) is 16.8 Å². The van der Waals surface area contributed by atoms with E-state index in [1.54, 1.807) is 18.2 Å². The molecule has 1 fully saturated rings. The lowest BCUT2D eigenvalue weighted by Crippen LogP contribution is -2.42. The first kappa shape index (κ1) is 23.2. The first-order valence-corrected chi connectivity index (χ1v) is 13.5. The van der Waals surface area contributed by atoms with E-state index in [1.807, 2.05) is 19.1 Å². The highest BCUT2D eigenvalue weighted by Crippen LogP contribution is 2.49. The number of aliphatic hydroxyl groups excluding tert-OH is 1. The summed E-state index contributed by atoms with van der Waals surface area (Å²) in [6, 6.07) is 11.8. The second-order valence-corrected chi connectivity index (χ2v) is 11.4. The predicted octanol–water partition coefficient (Wildman–Crippen LogP) is 5.29. The highest BCUT2D eigenvalue weighted by molar-refractivity contribution is 7.91. The van der Waals surface area contributed by atoms with E-state index in [1.165, 1.54) is 12.1 Å². The van der Waals surface area contributed by atoms with Crippen molar-refractivity contribution in [1.29, 1.82) is 0 Å². The molecule has 0 bridgehead atoms. The molecule has 1 N–H and O–H groups in total. The number of hydrogen-bond donors (Lipinski definition) is 1. The molecule has 2 aromatic carbocycles. The number of unbranched alkanes of at least 4 members (excludes halogenated alkanes) is 1. The Morgan fingerprint density at radius 1 is 1.09 bits per heavy atom. The third kappa shape index (κ3) is 4.19. The van der Waals surface area contributed by atoms with E-state index in [2.05, 4.69) is 11.8 Å². The molecule has 4 rings (SSSR count). The summed E-state index contributed by atoms with van der Waals surface area (Å²) in [7, 11) is -3.60. The summed E-state index contributed by atoms with van der Waals surface area (Å²) in [6.07, 6.45) is 4.36. The molecule has 0 spiro atoms. The molecule has 174 valence electrons. The van der Waals surface area contributed by atoms with Crippen molar-refractivity contribution in [1.82, 2.24) is 0 Å². The van der Waals surface area contributed by atoms with E-state index in [0.717, 1.165) is 50.0 Å². The summed E-state index contributed by atoms with van der Waals surface area (Å²) in [5.41, 5.74) is 1.64. The van der Waals surface area contributed by atoms with Crippen LogP contribution < -0.4 is 4.90 Å². The number of halogens is 1. The molecule has 0 aromatic heterocycles. The van der Waals surface area contributed by atoms with Crippen LogP contribution in [-0.2, 0) is 9.84 Å². The highest BCUT2D eigenvalue weighted by Gasteiger charge is 2.49. The van der Waals surface area contributed by atoms with E-state index < -0.39 is 27.3 Å². The van der Waals surface area contributed by atoms with Gasteiger partial charge in [-0.15, -0.1) is 0 Å². The normalized spacial score (nSPS) is 27.2. The fourth-order valence-electron chi connectivity index (χ4n) is 5.57. The van der Waals surface area contributed by atoms with Crippen LogP contribution in [0.5, 0.6) is 0 Å². The van der Waals surface area contributed by atoms with Crippen molar-refractivity contribution in [2.75, 3.05) is 23.7 Å². The van der Waals surface area contributed by atoms with Gasteiger partial charge < -0.3 is 10.0 Å². The zero-order valence-electron chi connectivity index (χ0n) is 19.1. The Morgan fingerprint density at radius 2 is 1.78 bits per heavy atom. The largest absolute Gasteiger partial charge is 0.392 e. The fraction of sp³-hybridized carbons (Fsp3) is 0.538. The average Bonchev–Trinajstić information content (AvgIpc) is 3.31. The molecule has 2 aliphatic heterocycles. The van der Waals surface area contributed by atoms with Crippen molar-refractivity contribution < 1.29 is 17.9 Å². The Balaban J connectivity index is 1.93. The van der Waals surface area contributed by atoms with Crippen LogP contribution in [0.4, 0.5) is 10.1 Å². The molecule has 0 aliphatic carbocycles. The Labute approximate surface area is 191 Å². The fourth-order valence-corrected chi connectivity index (χ4v) is 7.82. The Hall–Kier alpha value is -1.92. The minimum absolute atomic E-state index is 0.0641. The van der Waals surface area contributed by atoms with E-state index in [9.17, 15) is 17.9 Å². The van der Waals surface area contributed by atoms with Gasteiger partial charge in [0.1, 0.15) is 5.82 Å². The summed E-state index contributed by atoms with van der Waals surface area (Å²) in [4.78, 5) is 2.58. The number of benzene rings is 2. The minimum atomic E-state index is -3.60. The molecule has 32 heavy (non-hydrogen) atoms. The molecule has 6 heteroatoms. The van der Waals surface area contributed by atoms with Crippen LogP contribution in [0.2, 0.25) is 0 Å². The lowest BCUT2D eigenvalue weighted by Gasteiger charge is -2.39. The lowest BCUT2D eigenvalue weighted by atomic mass is 9.69. The molecule has 0 radical (unpaired) electrons. The lowest BCUT2D eigenvalue weighted by molar-refractivity contribution is 0.0174. The zero-order valence-corrected chi connectivity index (χ0v) is 19.9. The van der Waals surface area contributed by atoms with Crippen LogP contribution in [0.25, 0.3) is 0 Å². The Kier molecular flexibility index (Phi) is 6.64. The number of aliphatic hydroxyl groups is 1. The summed E-state index contributed by atoms with van der Waals surface area (Å²) in [6.45, 7) is 5.95. The summed E-state index contributed by atoms with van der Waals surface area (Å²) < 4.78 is 41.0. The minimum Gasteiger partial charge on any atom is -0.392 e. The highest BCUT2D eigenvalue weighted by atomic mass is 32.2. The second-order valence-electron chi connectivity index (χ2n) is 9.47. The number of hydrogen-bond acceptors (Lipinski definition) is 4. The summed E-state index contributed by atoms with van der Waals surface area (Å²) in [5.74, 6) is -0.934. The van der Waals surface area contributed by atoms with Crippen molar-refractivity contribution in [3.8, 4) is 0 Å². The molecule has 0 saturated carbocycles. The van der Waals surface area contributed by atoms with Crippen molar-refractivity contribution >= 4 is 15.5 Å². The van der Waals surface area contributed by atoms with Gasteiger partial charge in [0.25, 0.3) is 0 Å². The van der Waals surface area contributed by atoms with Gasteiger partial charge in [-0.3, -0.25) is 0 Å². The van der Waals surface area contributed by atoms with Crippen molar-refractivity contribution in [3.05, 3.63) is 59.4 Å². The summed E-state index contributed by atoms with van der Waals surface area (Å²) in [5, 5.41) is 11.9. The number of nitrogens with zero attached hydrogens (tertiary/aromatic N) is 1. The van der Waals surface area contributed by atoms with Gasteiger partial charge in [0.15, 0.2) is 9.84 Å². The van der Waals surface area contributed by atoms with Crippen molar-refractivity contribution in [3.63, 3.8) is 0 Å². The first-order chi connectivity index (χ1) is 15.3. The van der Waals surface area contributed by atoms with E-state index in [4.69, 9.17) is 0 Å². The number of sulfone groups is 1. The van der Waals surface area contributed by atoms with E-state index in [-0.39, 0.29) is 11.6 Å². The SMILES string of the molecule is CCCCC1(CC)CS(=O)(=O)c2ccc(N3CCCC3)cc2C(c2ccc(F)cc2)C1O. The van der Waals surface area contributed by atoms with Crippen molar-refractivity contribution in [2.24, 2.45) is 5.41 Å². The van der Waals surface area contributed by atoms with E-state index in [0.29, 0.717) is 23.3 Å². The molecular weight excluding hydrogens is 425 g/mol. The van der Waals surface area contributed by atoms with Crippen LogP contribution in [0, 0.1) is 11.2 Å². The van der Waals surface area contributed by atoms with Gasteiger partial charge in [-0.1, -0.05) is 38.8 Å². The predicted molar refractivity (Wildman–Crippen MR) is 126 cm³/mol. The summed E-state index contributed by atoms with van der Waals surface area (Å²) >= 11 is 0. The Bertz CT molecular complexity index is 1050. The Morgan fingerprint density at radius 3 is 2.41 bits per heavy atom. The monoisotopic (exact) mass is 459 g/mol. The molecule has 4 nitrogen and oxygen atoms in total. The van der Waals surface area contributed by atoms with Gasteiger partial charge in [0, 0.05) is 30.1 Å². The number of rotatable bonds is 6. The third-order valence-electron chi connectivity index (χ3n) is 7.52. The number of anilines is 1. The zero-order chi connectivity index (χ0) is 22.9. The topological polar surface area (TPSA) is 57.6 Å². The smallest absolute Gasteiger partial charge is 0.179 e. The molecule has 0 amide bonds. The molecule has 3 unspecified atom stereocenters. The van der Waals surface area contributed by atoms with Gasteiger partial charge in [-0.2, -0.15) is 0 Å². The standard InChI is InChI=1S/C26H34FNO3S/c1-3-5-14-26(4-2)18-32(30,31)23-13-12-21(28-15-6-7-16-28)17-22(23)24(25(26)29)19-8-10-20(27)11-9-19/h8-13,17,24-25,29H,3-7,14-16,18H2,1-2H3. The van der Waals surface area contributed by atoms with Gasteiger partial charge in [0.2, 0.25) is 0 Å². The van der Waals surface area contributed by atoms with E-state index >= 15 is 0 Å². The van der Waals surface area contributed by atoms with Crippen LogP contribution in [0.1, 0.15) is 69.4 Å². The maximum Gasteiger partial charge on any atom is 0.179 e. The average molecular weight is 460 g/mol. The quantitative estimate of drug-likeness (QED) is 0.637. The van der Waals surface area contributed by atoms with Crippen LogP contribution >= 0.6 is 0 Å².